The average Bonchev–Trinajstić information content (AvgIpc) is 3.61. The number of aliphatic hydroxyl groups is 1. The first-order chi connectivity index (χ1) is 18.7. The number of ether oxygens (including phenoxy) is 3. The highest BCUT2D eigenvalue weighted by atomic mass is 16.5. The molecule has 2 fully saturated rings. The van der Waals surface area contributed by atoms with E-state index in [4.69, 9.17) is 19.9 Å². The highest BCUT2D eigenvalue weighted by molar-refractivity contribution is 5.78. The maximum atomic E-state index is 13.0. The number of nitrogens with two attached hydrogens (primary N) is 1. The van der Waals surface area contributed by atoms with Gasteiger partial charge in [-0.15, -0.1) is 0 Å². The Kier molecular flexibility index (Phi) is 13.0. The van der Waals surface area contributed by atoms with Gasteiger partial charge in [0.1, 0.15) is 5.75 Å². The van der Waals surface area contributed by atoms with Crippen LogP contribution >= 0.6 is 0 Å². The van der Waals surface area contributed by atoms with E-state index < -0.39 is 6.10 Å². The van der Waals surface area contributed by atoms with Crippen LogP contribution in [0.5, 0.6) is 5.75 Å². The Hall–Kier alpha value is -1.67. The van der Waals surface area contributed by atoms with Crippen molar-refractivity contribution >= 4 is 5.91 Å². The predicted molar refractivity (Wildman–Crippen MR) is 156 cm³/mol. The van der Waals surface area contributed by atoms with Crippen LogP contribution in [0.2, 0.25) is 0 Å². The molecule has 1 aromatic carbocycles. The van der Waals surface area contributed by atoms with Gasteiger partial charge >= 0.3 is 0 Å². The number of carbonyl (C=O) groups is 1. The van der Waals surface area contributed by atoms with Crippen molar-refractivity contribution < 1.29 is 24.1 Å². The molecule has 0 spiro atoms. The fraction of sp³-hybridized carbons (Fsp3) is 0.781. The molecule has 3 rings (SSSR count). The molecule has 7 nitrogen and oxygen atoms in total. The Morgan fingerprint density at radius 2 is 1.90 bits per heavy atom. The summed E-state index contributed by atoms with van der Waals surface area (Å²) in [7, 11) is 1.72. The molecule has 1 amide bonds. The summed E-state index contributed by atoms with van der Waals surface area (Å²) in [6, 6.07) is 6.30. The average molecular weight is 547 g/mol. The lowest BCUT2D eigenvalue weighted by molar-refractivity contribution is -0.128. The summed E-state index contributed by atoms with van der Waals surface area (Å²) < 4.78 is 17.0. The molecule has 5 atom stereocenters. The minimum atomic E-state index is -0.732. The third-order valence-corrected chi connectivity index (χ3v) is 8.52. The van der Waals surface area contributed by atoms with Crippen molar-refractivity contribution in [2.24, 2.45) is 29.4 Å². The maximum absolute atomic E-state index is 13.0. The smallest absolute Gasteiger partial charge is 0.223 e. The van der Waals surface area contributed by atoms with Gasteiger partial charge in [0.25, 0.3) is 0 Å². The molecular weight excluding hydrogens is 492 g/mol. The minimum absolute atomic E-state index is 0.0130. The third-order valence-electron chi connectivity index (χ3n) is 8.52. The Balaban J connectivity index is 1.57. The number of amides is 1. The van der Waals surface area contributed by atoms with Crippen LogP contribution in [-0.4, -0.2) is 62.7 Å². The van der Waals surface area contributed by atoms with Gasteiger partial charge in [-0.2, -0.15) is 0 Å². The zero-order chi connectivity index (χ0) is 28.4. The van der Waals surface area contributed by atoms with Crippen molar-refractivity contribution in [3.8, 4) is 5.75 Å². The number of hydrogen-bond donors (Lipinski definition) is 3. The molecule has 4 N–H and O–H groups in total. The summed E-state index contributed by atoms with van der Waals surface area (Å²) in [4.78, 5) is 13.0. The first-order valence-electron chi connectivity index (χ1n) is 15.3. The van der Waals surface area contributed by atoms with Crippen LogP contribution in [0.15, 0.2) is 18.2 Å². The van der Waals surface area contributed by atoms with Gasteiger partial charge in [-0.25, -0.2) is 0 Å². The highest BCUT2D eigenvalue weighted by Crippen LogP contribution is 2.45. The second-order valence-electron chi connectivity index (χ2n) is 12.5. The molecule has 1 saturated carbocycles. The van der Waals surface area contributed by atoms with Crippen LogP contribution in [0.25, 0.3) is 0 Å². The van der Waals surface area contributed by atoms with E-state index in [2.05, 4.69) is 37.4 Å². The van der Waals surface area contributed by atoms with Gasteiger partial charge in [0.15, 0.2) is 0 Å². The van der Waals surface area contributed by atoms with Gasteiger partial charge in [-0.05, 0) is 85.8 Å². The Morgan fingerprint density at radius 1 is 1.13 bits per heavy atom. The van der Waals surface area contributed by atoms with Crippen molar-refractivity contribution in [1.82, 2.24) is 5.32 Å². The number of nitrogens with one attached hydrogen (secondary N) is 1. The number of benzene rings is 1. The molecule has 2 aliphatic rings. The lowest BCUT2D eigenvalue weighted by atomic mass is 9.80. The van der Waals surface area contributed by atoms with E-state index >= 15 is 0 Å². The number of carbonyl (C=O) groups excluding carboxylic acids is 1. The monoisotopic (exact) mass is 546 g/mol. The maximum Gasteiger partial charge on any atom is 0.223 e. The summed E-state index contributed by atoms with van der Waals surface area (Å²) in [5, 5.41) is 14.1. The first kappa shape index (κ1) is 31.9. The Bertz CT molecular complexity index is 866. The molecule has 7 heteroatoms. The molecule has 1 aromatic rings. The predicted octanol–water partition coefficient (Wildman–Crippen LogP) is 4.83. The number of methoxy groups -OCH3 is 1. The molecule has 0 bridgehead atoms. The van der Waals surface area contributed by atoms with E-state index in [0.29, 0.717) is 50.4 Å². The lowest BCUT2D eigenvalue weighted by Gasteiger charge is -2.30. The van der Waals surface area contributed by atoms with Gasteiger partial charge in [0.05, 0.1) is 18.8 Å². The molecule has 1 heterocycles. The standard InChI is InChI=1S/C32H54N2O5/c1-21(2)25(16-23-9-12-27(24-10-11-24)31(17-23)39-15-7-13-37-5)18-29(33)30(35)19-28(22(3)4)32(36)34-20-26-8-6-14-38-26/h9,12,17,21-22,24-26,28-30,35H,6-8,10-11,13-16,18-20,33H2,1-5H3,(H,34,36)/t25-,26-,28-,29-,30-/m0/s1. The van der Waals surface area contributed by atoms with Crippen LogP contribution in [0.3, 0.4) is 0 Å². The van der Waals surface area contributed by atoms with Gasteiger partial charge in [0, 0.05) is 45.2 Å². The van der Waals surface area contributed by atoms with Gasteiger partial charge in [-0.3, -0.25) is 4.79 Å². The van der Waals surface area contributed by atoms with E-state index in [9.17, 15) is 9.90 Å². The number of aliphatic hydroxyl groups excluding tert-OH is 1. The molecule has 1 aliphatic heterocycles. The largest absolute Gasteiger partial charge is 0.493 e. The zero-order valence-corrected chi connectivity index (χ0v) is 25.0. The summed E-state index contributed by atoms with van der Waals surface area (Å²) in [6.45, 7) is 11.2. The topological polar surface area (TPSA) is 103 Å². The SMILES string of the molecule is COCCCOc1cc(C[C@@H](C[C@H](N)[C@@H](O)C[C@H](C(=O)NC[C@@H]2CCCO2)C(C)C)C(C)C)ccc1C1CC1. The van der Waals surface area contributed by atoms with Gasteiger partial charge in [-0.1, -0.05) is 39.8 Å². The number of rotatable bonds is 18. The molecular formula is C32H54N2O5. The zero-order valence-electron chi connectivity index (χ0n) is 25.0. The molecule has 0 aromatic heterocycles. The van der Waals surface area contributed by atoms with Gasteiger partial charge < -0.3 is 30.4 Å². The summed E-state index contributed by atoms with van der Waals surface area (Å²) in [5.41, 5.74) is 9.16. The van der Waals surface area contributed by atoms with E-state index in [-0.39, 0.29) is 29.9 Å². The van der Waals surface area contributed by atoms with Crippen LogP contribution in [0.4, 0.5) is 0 Å². The lowest BCUT2D eigenvalue weighted by Crippen LogP contribution is -2.43. The number of hydrogen-bond acceptors (Lipinski definition) is 6. The quantitative estimate of drug-likeness (QED) is 0.228. The molecule has 222 valence electrons. The summed E-state index contributed by atoms with van der Waals surface area (Å²) in [6.07, 6.45) is 6.71. The Morgan fingerprint density at radius 3 is 2.51 bits per heavy atom. The summed E-state index contributed by atoms with van der Waals surface area (Å²) in [5.74, 6) is 2.18. The van der Waals surface area contributed by atoms with Crippen molar-refractivity contribution in [3.63, 3.8) is 0 Å². The third kappa shape index (κ3) is 10.3. The molecule has 39 heavy (non-hydrogen) atoms. The highest BCUT2D eigenvalue weighted by Gasteiger charge is 2.31. The molecule has 0 radical (unpaired) electrons. The fourth-order valence-corrected chi connectivity index (χ4v) is 5.62. The van der Waals surface area contributed by atoms with Crippen molar-refractivity contribution in [2.75, 3.05) is 33.5 Å². The van der Waals surface area contributed by atoms with E-state index in [1.165, 1.54) is 24.0 Å². The first-order valence-corrected chi connectivity index (χ1v) is 15.3. The van der Waals surface area contributed by atoms with Crippen LogP contribution in [-0.2, 0) is 20.7 Å². The normalized spacial score (nSPS) is 20.7. The fourth-order valence-electron chi connectivity index (χ4n) is 5.62. The van der Waals surface area contributed by atoms with Gasteiger partial charge in [0.2, 0.25) is 5.91 Å². The molecule has 0 unspecified atom stereocenters. The van der Waals surface area contributed by atoms with Crippen LogP contribution < -0.4 is 15.8 Å². The second kappa shape index (κ2) is 15.9. The van der Waals surface area contributed by atoms with Crippen molar-refractivity contribution in [3.05, 3.63) is 29.3 Å². The second-order valence-corrected chi connectivity index (χ2v) is 12.5. The van der Waals surface area contributed by atoms with E-state index in [0.717, 1.165) is 38.0 Å². The molecule has 1 aliphatic carbocycles. The van der Waals surface area contributed by atoms with Crippen LogP contribution in [0, 0.1) is 23.7 Å². The van der Waals surface area contributed by atoms with Crippen LogP contribution in [0.1, 0.15) is 89.7 Å². The minimum Gasteiger partial charge on any atom is -0.493 e. The Labute approximate surface area is 236 Å². The molecule has 1 saturated heterocycles. The summed E-state index contributed by atoms with van der Waals surface area (Å²) >= 11 is 0. The van der Waals surface area contributed by atoms with Crippen molar-refractivity contribution in [2.45, 2.75) is 103 Å². The van der Waals surface area contributed by atoms with E-state index in [1.807, 2.05) is 13.8 Å². The van der Waals surface area contributed by atoms with Crippen molar-refractivity contribution in [1.29, 1.82) is 0 Å². The van der Waals surface area contributed by atoms with E-state index in [1.54, 1.807) is 7.11 Å².